The number of nitrogens with one attached hydrogen (secondary N) is 1. The quantitative estimate of drug-likeness (QED) is 0.845. The summed E-state index contributed by atoms with van der Waals surface area (Å²) in [5.74, 6) is 0.964. The Bertz CT molecular complexity index is 382. The first-order valence-electron chi connectivity index (χ1n) is 5.38. The third kappa shape index (κ3) is 2.35. The van der Waals surface area contributed by atoms with Gasteiger partial charge in [-0.1, -0.05) is 10.9 Å². The highest BCUT2D eigenvalue weighted by Gasteiger charge is 2.28. The van der Waals surface area contributed by atoms with Crippen molar-refractivity contribution >= 4 is 29.0 Å². The van der Waals surface area contributed by atoms with Gasteiger partial charge in [0, 0.05) is 11.9 Å². The van der Waals surface area contributed by atoms with E-state index in [2.05, 4.69) is 14.9 Å². The molecule has 2 unspecified atom stereocenters. The molecule has 1 aromatic rings. The third-order valence-corrected chi connectivity index (χ3v) is 4.25. The summed E-state index contributed by atoms with van der Waals surface area (Å²) < 4.78 is 3.76. The molecule has 6 heteroatoms. The fourth-order valence-corrected chi connectivity index (χ4v) is 3.01. The van der Waals surface area contributed by atoms with Crippen molar-refractivity contribution in [2.24, 2.45) is 5.92 Å². The van der Waals surface area contributed by atoms with Gasteiger partial charge in [-0.05, 0) is 37.2 Å². The summed E-state index contributed by atoms with van der Waals surface area (Å²) >= 11 is 7.01. The lowest BCUT2D eigenvalue weighted by molar-refractivity contribution is 0.0933. The molecule has 1 aliphatic carbocycles. The summed E-state index contributed by atoms with van der Waals surface area (Å²) in [4.78, 5) is 12.5. The van der Waals surface area contributed by atoms with Gasteiger partial charge in [-0.15, -0.1) is 16.7 Å². The molecule has 0 aliphatic heterocycles. The van der Waals surface area contributed by atoms with Gasteiger partial charge in [-0.25, -0.2) is 0 Å². The second kappa shape index (κ2) is 5.10. The van der Waals surface area contributed by atoms with Crippen LogP contribution in [0.25, 0.3) is 0 Å². The number of carbonyl (C=O) groups excluding carboxylic acids is 1. The number of aromatic nitrogens is 2. The van der Waals surface area contributed by atoms with E-state index >= 15 is 0 Å². The lowest BCUT2D eigenvalue weighted by Gasteiger charge is -2.18. The Morgan fingerprint density at radius 2 is 2.44 bits per heavy atom. The van der Waals surface area contributed by atoms with E-state index in [-0.39, 0.29) is 11.9 Å². The number of hydrogen-bond acceptors (Lipinski definition) is 4. The fourth-order valence-electron chi connectivity index (χ4n) is 2.09. The Labute approximate surface area is 104 Å². The number of hydrogen-bond donors (Lipinski definition) is 1. The van der Waals surface area contributed by atoms with Gasteiger partial charge in [0.25, 0.3) is 5.91 Å². The SMILES string of the molecule is Cc1nnsc1C(=O)NC1CCCC1CCl. The molecular weight excluding hydrogens is 246 g/mol. The van der Waals surface area contributed by atoms with Crippen molar-refractivity contribution in [3.63, 3.8) is 0 Å². The topological polar surface area (TPSA) is 54.9 Å². The molecule has 88 valence electrons. The van der Waals surface area contributed by atoms with Gasteiger partial charge in [0.2, 0.25) is 0 Å². The van der Waals surface area contributed by atoms with Crippen LogP contribution in [0.4, 0.5) is 0 Å². The van der Waals surface area contributed by atoms with Crippen molar-refractivity contribution in [1.29, 1.82) is 0 Å². The highest BCUT2D eigenvalue weighted by molar-refractivity contribution is 7.08. The van der Waals surface area contributed by atoms with E-state index in [4.69, 9.17) is 11.6 Å². The normalized spacial score (nSPS) is 24.6. The third-order valence-electron chi connectivity index (χ3n) is 3.03. The Kier molecular flexibility index (Phi) is 3.76. The zero-order valence-corrected chi connectivity index (χ0v) is 10.6. The van der Waals surface area contributed by atoms with Gasteiger partial charge < -0.3 is 5.32 Å². The zero-order chi connectivity index (χ0) is 11.5. The fraction of sp³-hybridized carbons (Fsp3) is 0.700. The first kappa shape index (κ1) is 11.8. The van der Waals surface area contributed by atoms with Gasteiger partial charge in [0.15, 0.2) is 0 Å². The van der Waals surface area contributed by atoms with Crippen LogP contribution in [0.15, 0.2) is 0 Å². The van der Waals surface area contributed by atoms with Crippen LogP contribution >= 0.6 is 23.1 Å². The Morgan fingerprint density at radius 3 is 3.06 bits per heavy atom. The molecule has 0 aromatic carbocycles. The molecule has 0 bridgehead atoms. The van der Waals surface area contributed by atoms with Gasteiger partial charge in [-0.3, -0.25) is 4.79 Å². The van der Waals surface area contributed by atoms with Crippen molar-refractivity contribution in [2.75, 3.05) is 5.88 Å². The van der Waals surface area contributed by atoms with Crippen LogP contribution in [0.3, 0.4) is 0 Å². The Morgan fingerprint density at radius 1 is 1.62 bits per heavy atom. The number of aryl methyl sites for hydroxylation is 1. The molecule has 1 amide bonds. The predicted molar refractivity (Wildman–Crippen MR) is 64.0 cm³/mol. The minimum Gasteiger partial charge on any atom is -0.348 e. The molecule has 1 aromatic heterocycles. The van der Waals surface area contributed by atoms with Crippen LogP contribution in [0, 0.1) is 12.8 Å². The molecule has 1 aliphatic rings. The molecule has 4 nitrogen and oxygen atoms in total. The van der Waals surface area contributed by atoms with Crippen molar-refractivity contribution in [3.05, 3.63) is 10.6 Å². The van der Waals surface area contributed by atoms with Gasteiger partial charge in [0.05, 0.1) is 5.69 Å². The van der Waals surface area contributed by atoms with Crippen molar-refractivity contribution in [1.82, 2.24) is 14.9 Å². The van der Waals surface area contributed by atoms with E-state index in [9.17, 15) is 4.79 Å². The largest absolute Gasteiger partial charge is 0.348 e. The van der Waals surface area contributed by atoms with E-state index in [1.165, 1.54) is 0 Å². The van der Waals surface area contributed by atoms with Crippen molar-refractivity contribution < 1.29 is 4.79 Å². The summed E-state index contributed by atoms with van der Waals surface area (Å²) in [5.41, 5.74) is 0.697. The smallest absolute Gasteiger partial charge is 0.265 e. The molecule has 1 N–H and O–H groups in total. The number of rotatable bonds is 3. The first-order valence-corrected chi connectivity index (χ1v) is 6.69. The molecule has 0 saturated heterocycles. The molecule has 2 rings (SSSR count). The summed E-state index contributed by atoms with van der Waals surface area (Å²) in [6, 6.07) is 0.214. The van der Waals surface area contributed by atoms with Crippen LogP contribution in [0.5, 0.6) is 0 Å². The monoisotopic (exact) mass is 259 g/mol. The summed E-state index contributed by atoms with van der Waals surface area (Å²) in [5, 5.41) is 6.86. The molecule has 0 radical (unpaired) electrons. The lowest BCUT2D eigenvalue weighted by atomic mass is 10.1. The van der Waals surface area contributed by atoms with Crippen LogP contribution in [0.1, 0.15) is 34.6 Å². The lowest BCUT2D eigenvalue weighted by Crippen LogP contribution is -2.37. The van der Waals surface area contributed by atoms with Gasteiger partial charge in [0.1, 0.15) is 4.88 Å². The summed E-state index contributed by atoms with van der Waals surface area (Å²) in [7, 11) is 0. The molecule has 1 heterocycles. The second-order valence-corrected chi connectivity index (χ2v) is 5.18. The minimum atomic E-state index is -0.0606. The average Bonchev–Trinajstić information content (AvgIpc) is 2.86. The standard InChI is InChI=1S/C10H14ClN3OS/c1-6-9(16-14-13-6)10(15)12-8-4-2-3-7(8)5-11/h7-8H,2-5H2,1H3,(H,12,15). The van der Waals surface area contributed by atoms with Gasteiger partial charge in [-0.2, -0.15) is 0 Å². The maximum absolute atomic E-state index is 11.9. The highest BCUT2D eigenvalue weighted by atomic mass is 35.5. The van der Waals surface area contributed by atoms with Crippen molar-refractivity contribution in [2.45, 2.75) is 32.2 Å². The number of halogens is 1. The molecule has 0 spiro atoms. The number of amides is 1. The number of nitrogens with zero attached hydrogens (tertiary/aromatic N) is 2. The zero-order valence-electron chi connectivity index (χ0n) is 9.07. The van der Waals surface area contributed by atoms with Gasteiger partial charge >= 0.3 is 0 Å². The Hall–Kier alpha value is -0.680. The van der Waals surface area contributed by atoms with E-state index in [1.807, 2.05) is 0 Å². The average molecular weight is 260 g/mol. The molecule has 16 heavy (non-hydrogen) atoms. The van der Waals surface area contributed by atoms with E-state index in [0.717, 1.165) is 30.8 Å². The predicted octanol–water partition coefficient (Wildman–Crippen LogP) is 1.98. The molecule has 1 saturated carbocycles. The maximum Gasteiger partial charge on any atom is 0.265 e. The molecule has 1 fully saturated rings. The summed E-state index contributed by atoms with van der Waals surface area (Å²) in [6.07, 6.45) is 3.27. The summed E-state index contributed by atoms with van der Waals surface area (Å²) in [6.45, 7) is 1.80. The number of alkyl halides is 1. The molecular formula is C10H14ClN3OS. The second-order valence-electron chi connectivity index (χ2n) is 4.11. The highest BCUT2D eigenvalue weighted by Crippen LogP contribution is 2.27. The van der Waals surface area contributed by atoms with Crippen molar-refractivity contribution in [3.8, 4) is 0 Å². The van der Waals surface area contributed by atoms with Crippen LogP contribution in [-0.4, -0.2) is 27.4 Å². The van der Waals surface area contributed by atoms with E-state index < -0.39 is 0 Å². The van der Waals surface area contributed by atoms with Crippen LogP contribution in [-0.2, 0) is 0 Å². The van der Waals surface area contributed by atoms with E-state index in [1.54, 1.807) is 6.92 Å². The van der Waals surface area contributed by atoms with Crippen LogP contribution < -0.4 is 5.32 Å². The Balaban J connectivity index is 2.00. The molecule has 2 atom stereocenters. The van der Waals surface area contributed by atoms with Crippen LogP contribution in [0.2, 0.25) is 0 Å². The van der Waals surface area contributed by atoms with E-state index in [0.29, 0.717) is 22.4 Å². The maximum atomic E-state index is 11.9. The first-order chi connectivity index (χ1) is 7.72. The number of carbonyl (C=O) groups is 1. The minimum absolute atomic E-state index is 0.0606.